The third-order valence-electron chi connectivity index (χ3n) is 2.52. The molecule has 94 valence electrons. The summed E-state index contributed by atoms with van der Waals surface area (Å²) in [6.07, 6.45) is 1.72. The molecule has 0 fully saturated rings. The van der Waals surface area contributed by atoms with Gasteiger partial charge < -0.3 is 10.1 Å². The molecule has 0 amide bonds. The van der Waals surface area contributed by atoms with E-state index in [-0.39, 0.29) is 0 Å². The maximum atomic E-state index is 5.20. The molecule has 1 N–H and O–H groups in total. The van der Waals surface area contributed by atoms with Gasteiger partial charge in [-0.05, 0) is 47.7 Å². The Morgan fingerprint density at radius 1 is 1.33 bits per heavy atom. The number of ether oxygens (including phenoxy) is 1. The number of nitrogens with one attached hydrogen (secondary N) is 1. The van der Waals surface area contributed by atoms with Gasteiger partial charge in [-0.25, -0.2) is 9.97 Å². The maximum absolute atomic E-state index is 5.20. The second-order valence-corrected chi connectivity index (χ2v) is 4.95. The van der Waals surface area contributed by atoms with Gasteiger partial charge in [0.05, 0.1) is 12.8 Å². The number of hydrogen-bond acceptors (Lipinski definition) is 4. The molecule has 0 unspecified atom stereocenters. The van der Waals surface area contributed by atoms with Crippen molar-refractivity contribution in [1.29, 1.82) is 0 Å². The number of pyridine rings is 2. The van der Waals surface area contributed by atoms with Crippen molar-refractivity contribution in [3.8, 4) is 5.88 Å². The van der Waals surface area contributed by atoms with E-state index in [9.17, 15) is 0 Å². The van der Waals surface area contributed by atoms with Crippen LogP contribution in [-0.2, 0) is 6.54 Å². The van der Waals surface area contributed by atoms with Crippen molar-refractivity contribution in [3.05, 3.63) is 45.3 Å². The summed E-state index contributed by atoms with van der Waals surface area (Å²) < 4.78 is 6.37. The molecule has 0 aliphatic heterocycles. The van der Waals surface area contributed by atoms with Gasteiger partial charge in [0.15, 0.2) is 0 Å². The normalized spacial score (nSPS) is 10.2. The van der Waals surface area contributed by atoms with Crippen LogP contribution in [0.1, 0.15) is 11.3 Å². The number of nitrogens with zero attached hydrogens (tertiary/aromatic N) is 2. The number of aromatic nitrogens is 2. The van der Waals surface area contributed by atoms with E-state index in [0.29, 0.717) is 12.4 Å². The standard InChI is InChI=1S/C13H14IN3O/c1-9-11(14)5-6-12(17-9)16-8-10-4-3-7-15-13(10)18-2/h3-7H,8H2,1-2H3,(H,16,17). The maximum Gasteiger partial charge on any atom is 0.218 e. The molecule has 2 rings (SSSR count). The molecule has 18 heavy (non-hydrogen) atoms. The number of hydrogen-bond donors (Lipinski definition) is 1. The molecular weight excluding hydrogens is 341 g/mol. The number of aryl methyl sites for hydroxylation is 1. The summed E-state index contributed by atoms with van der Waals surface area (Å²) in [7, 11) is 1.62. The van der Waals surface area contributed by atoms with Gasteiger partial charge in [-0.3, -0.25) is 0 Å². The molecule has 0 aliphatic carbocycles. The highest BCUT2D eigenvalue weighted by atomic mass is 127. The summed E-state index contributed by atoms with van der Waals surface area (Å²) in [5.41, 5.74) is 2.04. The lowest BCUT2D eigenvalue weighted by Gasteiger charge is -2.09. The zero-order valence-electron chi connectivity index (χ0n) is 10.3. The molecule has 0 aromatic carbocycles. The Hall–Kier alpha value is -1.37. The molecule has 0 saturated heterocycles. The van der Waals surface area contributed by atoms with Crippen LogP contribution in [0.3, 0.4) is 0 Å². The van der Waals surface area contributed by atoms with Gasteiger partial charge in [-0.2, -0.15) is 0 Å². The van der Waals surface area contributed by atoms with Crippen LogP contribution in [0, 0.1) is 10.5 Å². The van der Waals surface area contributed by atoms with Crippen molar-refractivity contribution in [2.24, 2.45) is 0 Å². The van der Waals surface area contributed by atoms with E-state index in [1.165, 1.54) is 0 Å². The summed E-state index contributed by atoms with van der Waals surface area (Å²) >= 11 is 2.27. The van der Waals surface area contributed by atoms with Crippen LogP contribution >= 0.6 is 22.6 Å². The SMILES string of the molecule is COc1ncccc1CNc1ccc(I)c(C)n1. The van der Waals surface area contributed by atoms with Gasteiger partial charge in [0, 0.05) is 21.9 Å². The zero-order valence-corrected chi connectivity index (χ0v) is 12.4. The van der Waals surface area contributed by atoms with Crippen LogP contribution in [0.25, 0.3) is 0 Å². The average Bonchev–Trinajstić information content (AvgIpc) is 2.40. The van der Waals surface area contributed by atoms with E-state index in [1.807, 2.05) is 31.2 Å². The minimum atomic E-state index is 0.643. The Labute approximate surface area is 120 Å². The third kappa shape index (κ3) is 3.10. The van der Waals surface area contributed by atoms with E-state index >= 15 is 0 Å². The van der Waals surface area contributed by atoms with Gasteiger partial charge >= 0.3 is 0 Å². The van der Waals surface area contributed by atoms with Crippen molar-refractivity contribution in [2.45, 2.75) is 13.5 Å². The molecule has 0 bridgehead atoms. The fourth-order valence-electron chi connectivity index (χ4n) is 1.57. The summed E-state index contributed by atoms with van der Waals surface area (Å²) in [6.45, 7) is 2.64. The highest BCUT2D eigenvalue weighted by Crippen LogP contribution is 2.17. The predicted octanol–water partition coefficient (Wildman–Crippen LogP) is 3.01. The van der Waals surface area contributed by atoms with Gasteiger partial charge in [0.2, 0.25) is 5.88 Å². The van der Waals surface area contributed by atoms with Crippen LogP contribution in [-0.4, -0.2) is 17.1 Å². The first-order valence-corrected chi connectivity index (χ1v) is 6.63. The topological polar surface area (TPSA) is 47.0 Å². The summed E-state index contributed by atoms with van der Waals surface area (Å²) in [6, 6.07) is 7.90. The third-order valence-corrected chi connectivity index (χ3v) is 3.66. The van der Waals surface area contributed by atoms with E-state index in [0.717, 1.165) is 20.6 Å². The quantitative estimate of drug-likeness (QED) is 0.857. The summed E-state index contributed by atoms with van der Waals surface area (Å²) in [5.74, 6) is 1.51. The number of methoxy groups -OCH3 is 1. The minimum Gasteiger partial charge on any atom is -0.481 e. The van der Waals surface area contributed by atoms with Crippen molar-refractivity contribution >= 4 is 28.4 Å². The molecule has 4 nitrogen and oxygen atoms in total. The van der Waals surface area contributed by atoms with Gasteiger partial charge in [-0.1, -0.05) is 6.07 Å². The highest BCUT2D eigenvalue weighted by molar-refractivity contribution is 14.1. The fraction of sp³-hybridized carbons (Fsp3) is 0.231. The Bertz CT molecular complexity index is 546. The lowest BCUT2D eigenvalue weighted by Crippen LogP contribution is -2.04. The number of rotatable bonds is 4. The molecular formula is C13H14IN3O. The Kier molecular flexibility index (Phi) is 4.35. The van der Waals surface area contributed by atoms with Crippen molar-refractivity contribution in [1.82, 2.24) is 9.97 Å². The first-order valence-electron chi connectivity index (χ1n) is 5.55. The van der Waals surface area contributed by atoms with Gasteiger partial charge in [0.25, 0.3) is 0 Å². The molecule has 0 atom stereocenters. The first-order chi connectivity index (χ1) is 8.70. The summed E-state index contributed by atoms with van der Waals surface area (Å²) in [5, 5.41) is 3.27. The van der Waals surface area contributed by atoms with E-state index in [4.69, 9.17) is 4.74 Å². The first kappa shape index (κ1) is 13.1. The van der Waals surface area contributed by atoms with Crippen molar-refractivity contribution in [3.63, 3.8) is 0 Å². The molecule has 0 radical (unpaired) electrons. The van der Waals surface area contributed by atoms with Crippen LogP contribution in [0.4, 0.5) is 5.82 Å². The smallest absolute Gasteiger partial charge is 0.218 e. The molecule has 2 heterocycles. The second kappa shape index (κ2) is 5.99. The number of halogens is 1. The lowest BCUT2D eigenvalue weighted by molar-refractivity contribution is 0.393. The van der Waals surface area contributed by atoms with E-state index < -0.39 is 0 Å². The average molecular weight is 355 g/mol. The van der Waals surface area contributed by atoms with Crippen LogP contribution in [0.5, 0.6) is 5.88 Å². The van der Waals surface area contributed by atoms with Crippen LogP contribution in [0.2, 0.25) is 0 Å². The zero-order chi connectivity index (χ0) is 13.0. The molecule has 0 aliphatic rings. The Morgan fingerprint density at radius 3 is 2.89 bits per heavy atom. The van der Waals surface area contributed by atoms with E-state index in [2.05, 4.69) is 37.9 Å². The Morgan fingerprint density at radius 2 is 2.17 bits per heavy atom. The van der Waals surface area contributed by atoms with Crippen molar-refractivity contribution < 1.29 is 4.74 Å². The summed E-state index contributed by atoms with van der Waals surface area (Å²) in [4.78, 5) is 8.62. The molecule has 0 saturated carbocycles. The highest BCUT2D eigenvalue weighted by Gasteiger charge is 2.04. The van der Waals surface area contributed by atoms with Crippen LogP contribution < -0.4 is 10.1 Å². The molecule has 2 aromatic rings. The van der Waals surface area contributed by atoms with Gasteiger partial charge in [-0.15, -0.1) is 0 Å². The Balaban J connectivity index is 2.09. The van der Waals surface area contributed by atoms with E-state index in [1.54, 1.807) is 13.3 Å². The second-order valence-electron chi connectivity index (χ2n) is 3.79. The number of anilines is 1. The monoisotopic (exact) mass is 355 g/mol. The predicted molar refractivity (Wildman–Crippen MR) is 79.8 cm³/mol. The lowest BCUT2D eigenvalue weighted by atomic mass is 10.2. The molecule has 0 spiro atoms. The molecule has 2 aromatic heterocycles. The van der Waals surface area contributed by atoms with Gasteiger partial charge in [0.1, 0.15) is 5.82 Å². The minimum absolute atomic E-state index is 0.643. The molecule has 5 heteroatoms. The largest absolute Gasteiger partial charge is 0.481 e. The van der Waals surface area contributed by atoms with Crippen molar-refractivity contribution in [2.75, 3.05) is 12.4 Å². The van der Waals surface area contributed by atoms with Crippen LogP contribution in [0.15, 0.2) is 30.5 Å². The fourth-order valence-corrected chi connectivity index (χ4v) is 1.87.